The Hall–Kier alpha value is -3.01. The Bertz CT molecular complexity index is 697. The largest absolute Gasteiger partial charge is 0.495 e. The van der Waals surface area contributed by atoms with Crippen LogP contribution in [-0.2, 0) is 20.9 Å². The molecule has 0 bridgehead atoms. The lowest BCUT2D eigenvalue weighted by atomic mass is 10.2. The zero-order valence-electron chi connectivity index (χ0n) is 17.6. The van der Waals surface area contributed by atoms with Crippen molar-refractivity contribution in [3.63, 3.8) is 0 Å². The molecular formula is C19H30N4O6. The quantitative estimate of drug-likeness (QED) is 0.602. The second-order valence-corrected chi connectivity index (χ2v) is 6.30. The molecule has 3 amide bonds. The van der Waals surface area contributed by atoms with E-state index in [1.807, 2.05) is 0 Å². The predicted octanol–water partition coefficient (Wildman–Crippen LogP) is 1.51. The van der Waals surface area contributed by atoms with Crippen LogP contribution in [0.25, 0.3) is 0 Å². The van der Waals surface area contributed by atoms with Crippen molar-refractivity contribution < 1.29 is 28.6 Å². The van der Waals surface area contributed by atoms with Crippen molar-refractivity contribution in [2.24, 2.45) is 0 Å². The number of hydrogen-bond donors (Lipinski definition) is 2. The molecule has 0 atom stereocenters. The van der Waals surface area contributed by atoms with E-state index in [2.05, 4.69) is 15.4 Å². The number of anilines is 1. The molecule has 0 heterocycles. The van der Waals surface area contributed by atoms with Crippen molar-refractivity contribution in [1.82, 2.24) is 15.1 Å². The first kappa shape index (κ1) is 24.0. The number of carbonyl (C=O) groups is 3. The molecule has 0 aromatic heterocycles. The average Bonchev–Trinajstić information content (AvgIpc) is 2.73. The molecule has 0 aliphatic heterocycles. The van der Waals surface area contributed by atoms with E-state index in [0.717, 1.165) is 0 Å². The summed E-state index contributed by atoms with van der Waals surface area (Å²) in [7, 11) is 7.73. The van der Waals surface area contributed by atoms with E-state index in [0.29, 0.717) is 43.1 Å². The van der Waals surface area contributed by atoms with Gasteiger partial charge in [-0.3, -0.25) is 4.79 Å². The van der Waals surface area contributed by atoms with E-state index >= 15 is 0 Å². The minimum Gasteiger partial charge on any atom is -0.495 e. The maximum absolute atomic E-state index is 12.1. The Labute approximate surface area is 171 Å². The number of ether oxygens (including phenoxy) is 3. The number of nitrogens with zero attached hydrogens (tertiary/aromatic N) is 2. The molecule has 0 saturated carbocycles. The lowest BCUT2D eigenvalue weighted by Crippen LogP contribution is -2.37. The van der Waals surface area contributed by atoms with Crippen LogP contribution in [0, 0.1) is 0 Å². The molecule has 10 nitrogen and oxygen atoms in total. The highest BCUT2D eigenvalue weighted by molar-refractivity contribution is 5.92. The lowest BCUT2D eigenvalue weighted by molar-refractivity contribution is -0.116. The maximum atomic E-state index is 12.1. The third-order valence-electron chi connectivity index (χ3n) is 4.07. The standard InChI is InChI=1S/C19H30N4O6/c1-20-9-8-17(24)21-15-12-14(6-7-16(15)27-4)13-29-19(26)23(3)11-10-22(2)18(25)28-5/h6-7,12,20H,8-11,13H2,1-5H3,(H,21,24). The number of carbonyl (C=O) groups excluding carboxylic acids is 3. The first-order valence-corrected chi connectivity index (χ1v) is 9.10. The lowest BCUT2D eigenvalue weighted by Gasteiger charge is -2.21. The maximum Gasteiger partial charge on any atom is 0.409 e. The Balaban J connectivity index is 2.62. The van der Waals surface area contributed by atoms with Crippen molar-refractivity contribution in [1.29, 1.82) is 0 Å². The predicted molar refractivity (Wildman–Crippen MR) is 108 cm³/mol. The number of hydrogen-bond acceptors (Lipinski definition) is 7. The van der Waals surface area contributed by atoms with Crippen LogP contribution in [0.2, 0.25) is 0 Å². The Kier molecular flexibility index (Phi) is 10.3. The second-order valence-electron chi connectivity index (χ2n) is 6.30. The molecule has 0 aliphatic rings. The van der Waals surface area contributed by atoms with Crippen molar-refractivity contribution in [2.75, 3.05) is 60.3 Å². The number of nitrogens with one attached hydrogen (secondary N) is 2. The van der Waals surface area contributed by atoms with E-state index in [-0.39, 0.29) is 12.5 Å². The van der Waals surface area contributed by atoms with Gasteiger partial charge in [0.05, 0.1) is 19.9 Å². The Morgan fingerprint density at radius 2 is 1.69 bits per heavy atom. The van der Waals surface area contributed by atoms with Gasteiger partial charge in [-0.15, -0.1) is 0 Å². The summed E-state index contributed by atoms with van der Waals surface area (Å²) in [5, 5.41) is 5.70. The van der Waals surface area contributed by atoms with Crippen LogP contribution in [0.1, 0.15) is 12.0 Å². The van der Waals surface area contributed by atoms with Gasteiger partial charge in [0.2, 0.25) is 5.91 Å². The molecule has 1 rings (SSSR count). The van der Waals surface area contributed by atoms with Gasteiger partial charge in [0.15, 0.2) is 0 Å². The third kappa shape index (κ3) is 8.26. The summed E-state index contributed by atoms with van der Waals surface area (Å²) in [6, 6.07) is 5.15. The Morgan fingerprint density at radius 3 is 2.28 bits per heavy atom. The zero-order valence-corrected chi connectivity index (χ0v) is 17.6. The highest BCUT2D eigenvalue weighted by atomic mass is 16.6. The van der Waals surface area contributed by atoms with Gasteiger partial charge in [-0.25, -0.2) is 9.59 Å². The van der Waals surface area contributed by atoms with Crippen molar-refractivity contribution in [3.05, 3.63) is 23.8 Å². The molecule has 0 radical (unpaired) electrons. The molecule has 0 fully saturated rings. The highest BCUT2D eigenvalue weighted by Crippen LogP contribution is 2.26. The van der Waals surface area contributed by atoms with Crippen molar-refractivity contribution in [2.45, 2.75) is 13.0 Å². The molecule has 0 unspecified atom stereocenters. The Morgan fingerprint density at radius 1 is 1.03 bits per heavy atom. The SMILES string of the molecule is CNCCC(=O)Nc1cc(COC(=O)N(C)CCN(C)C(=O)OC)ccc1OC. The molecule has 2 N–H and O–H groups in total. The molecular weight excluding hydrogens is 380 g/mol. The van der Waals surface area contributed by atoms with Crippen LogP contribution in [0.4, 0.5) is 15.3 Å². The number of likely N-dealkylation sites (N-methyl/N-ethyl adjacent to an activating group) is 2. The number of benzene rings is 1. The van der Waals surface area contributed by atoms with Crippen molar-refractivity contribution in [3.8, 4) is 5.75 Å². The van der Waals surface area contributed by atoms with Crippen LogP contribution in [0.3, 0.4) is 0 Å². The van der Waals surface area contributed by atoms with E-state index in [4.69, 9.17) is 9.47 Å². The minimum absolute atomic E-state index is 0.0272. The van der Waals surface area contributed by atoms with Gasteiger partial charge in [-0.2, -0.15) is 0 Å². The van der Waals surface area contributed by atoms with Gasteiger partial charge in [-0.1, -0.05) is 6.07 Å². The van der Waals surface area contributed by atoms with E-state index in [1.165, 1.54) is 24.0 Å². The van der Waals surface area contributed by atoms with Gasteiger partial charge in [0, 0.05) is 40.2 Å². The monoisotopic (exact) mass is 410 g/mol. The molecule has 10 heteroatoms. The second kappa shape index (κ2) is 12.4. The molecule has 29 heavy (non-hydrogen) atoms. The van der Waals surface area contributed by atoms with Crippen molar-refractivity contribution >= 4 is 23.8 Å². The normalized spacial score (nSPS) is 10.1. The van der Waals surface area contributed by atoms with Gasteiger partial charge in [0.1, 0.15) is 12.4 Å². The van der Waals surface area contributed by atoms with E-state index in [1.54, 1.807) is 39.3 Å². The summed E-state index contributed by atoms with van der Waals surface area (Å²) in [5.74, 6) is 0.363. The number of methoxy groups -OCH3 is 2. The molecule has 1 aromatic rings. The fraction of sp³-hybridized carbons (Fsp3) is 0.526. The summed E-state index contributed by atoms with van der Waals surface area (Å²) in [5.41, 5.74) is 1.21. The van der Waals surface area contributed by atoms with Gasteiger partial charge in [-0.05, 0) is 24.7 Å². The van der Waals surface area contributed by atoms with Crippen LogP contribution in [0.5, 0.6) is 5.75 Å². The van der Waals surface area contributed by atoms with Crippen LogP contribution >= 0.6 is 0 Å². The van der Waals surface area contributed by atoms with Crippen LogP contribution in [0.15, 0.2) is 18.2 Å². The number of rotatable bonds is 10. The molecule has 0 spiro atoms. The highest BCUT2D eigenvalue weighted by Gasteiger charge is 2.15. The summed E-state index contributed by atoms with van der Waals surface area (Å²) in [4.78, 5) is 38.2. The molecule has 1 aromatic carbocycles. The van der Waals surface area contributed by atoms with Gasteiger partial charge < -0.3 is 34.6 Å². The summed E-state index contributed by atoms with van der Waals surface area (Å²) < 4.78 is 15.2. The van der Waals surface area contributed by atoms with E-state index in [9.17, 15) is 14.4 Å². The summed E-state index contributed by atoms with van der Waals surface area (Å²) >= 11 is 0. The minimum atomic E-state index is -0.529. The van der Waals surface area contributed by atoms with Gasteiger partial charge >= 0.3 is 12.2 Å². The molecule has 0 aliphatic carbocycles. The van der Waals surface area contributed by atoms with E-state index < -0.39 is 12.2 Å². The zero-order chi connectivity index (χ0) is 21.8. The fourth-order valence-electron chi connectivity index (χ4n) is 2.29. The van der Waals surface area contributed by atoms with Crippen LogP contribution in [-0.4, -0.2) is 82.9 Å². The first-order chi connectivity index (χ1) is 13.8. The fourth-order valence-corrected chi connectivity index (χ4v) is 2.29. The topological polar surface area (TPSA) is 109 Å². The average molecular weight is 410 g/mol. The molecule has 162 valence electrons. The smallest absolute Gasteiger partial charge is 0.409 e. The first-order valence-electron chi connectivity index (χ1n) is 9.10. The third-order valence-corrected chi connectivity index (χ3v) is 4.07. The van der Waals surface area contributed by atoms with Crippen LogP contribution < -0.4 is 15.4 Å². The molecule has 0 saturated heterocycles. The summed E-state index contributed by atoms with van der Waals surface area (Å²) in [6.07, 6.45) is -0.683. The number of amides is 3. The van der Waals surface area contributed by atoms with Gasteiger partial charge in [0.25, 0.3) is 0 Å². The summed E-state index contributed by atoms with van der Waals surface area (Å²) in [6.45, 7) is 1.19.